The first kappa shape index (κ1) is 14.6. The van der Waals surface area contributed by atoms with E-state index in [9.17, 15) is 9.59 Å². The molecule has 20 heavy (non-hydrogen) atoms. The molecule has 1 aliphatic carbocycles. The van der Waals surface area contributed by atoms with Crippen molar-refractivity contribution >= 4 is 11.7 Å². The number of benzene rings is 1. The Morgan fingerprint density at radius 1 is 1.25 bits per heavy atom. The summed E-state index contributed by atoms with van der Waals surface area (Å²) in [6.45, 7) is 2.04. The van der Waals surface area contributed by atoms with Gasteiger partial charge in [0, 0.05) is 12.0 Å². The van der Waals surface area contributed by atoms with Gasteiger partial charge in [-0.2, -0.15) is 0 Å². The van der Waals surface area contributed by atoms with Crippen LogP contribution in [0.4, 0.5) is 0 Å². The van der Waals surface area contributed by atoms with Crippen LogP contribution in [0.15, 0.2) is 24.3 Å². The Bertz CT molecular complexity index is 489. The van der Waals surface area contributed by atoms with Gasteiger partial charge in [-0.1, -0.05) is 18.6 Å². The predicted molar refractivity (Wildman–Crippen MR) is 76.8 cm³/mol. The summed E-state index contributed by atoms with van der Waals surface area (Å²) in [5.74, 6) is 0.552. The highest BCUT2D eigenvalue weighted by Crippen LogP contribution is 2.43. The van der Waals surface area contributed by atoms with Gasteiger partial charge in [-0.05, 0) is 37.5 Å². The molecule has 0 saturated heterocycles. The van der Waals surface area contributed by atoms with Crippen LogP contribution in [0, 0.1) is 0 Å². The van der Waals surface area contributed by atoms with E-state index in [1.54, 1.807) is 7.11 Å². The smallest absolute Gasteiger partial charge is 0.227 e. The third-order valence-electron chi connectivity index (χ3n) is 4.05. The summed E-state index contributed by atoms with van der Waals surface area (Å²) in [5, 5.41) is 2.89. The number of carbonyl (C=O) groups excluding carboxylic acids is 2. The lowest BCUT2D eigenvalue weighted by atomic mass is 9.64. The number of amides is 1. The lowest BCUT2D eigenvalue weighted by Gasteiger charge is -2.42. The van der Waals surface area contributed by atoms with Crippen molar-refractivity contribution in [1.82, 2.24) is 5.32 Å². The largest absolute Gasteiger partial charge is 0.497 e. The first-order chi connectivity index (χ1) is 9.55. The fraction of sp³-hybridized carbons (Fsp3) is 0.500. The Labute approximate surface area is 119 Å². The number of nitrogens with one attached hydrogen (secondary N) is 1. The van der Waals surface area contributed by atoms with E-state index in [2.05, 4.69) is 17.4 Å². The fourth-order valence-electron chi connectivity index (χ4n) is 2.67. The van der Waals surface area contributed by atoms with Crippen molar-refractivity contribution in [1.29, 1.82) is 0 Å². The van der Waals surface area contributed by atoms with Gasteiger partial charge in [0.05, 0.1) is 13.5 Å². The zero-order valence-electron chi connectivity index (χ0n) is 12.1. The van der Waals surface area contributed by atoms with Crippen molar-refractivity contribution in [3.63, 3.8) is 0 Å². The average Bonchev–Trinajstić information content (AvgIpc) is 2.37. The zero-order chi connectivity index (χ0) is 14.6. The molecule has 1 amide bonds. The molecule has 1 aromatic rings. The monoisotopic (exact) mass is 275 g/mol. The van der Waals surface area contributed by atoms with Crippen LogP contribution in [0.5, 0.6) is 5.75 Å². The fourth-order valence-corrected chi connectivity index (χ4v) is 2.67. The van der Waals surface area contributed by atoms with Crippen LogP contribution in [-0.4, -0.2) is 25.3 Å². The third kappa shape index (κ3) is 3.18. The second-order valence-corrected chi connectivity index (χ2v) is 5.52. The number of hydrogen-bond donors (Lipinski definition) is 1. The molecular formula is C16H21NO3. The minimum atomic E-state index is -0.183. The molecule has 1 aromatic carbocycles. The van der Waals surface area contributed by atoms with E-state index in [1.807, 2.05) is 12.1 Å². The Morgan fingerprint density at radius 2 is 1.90 bits per heavy atom. The van der Waals surface area contributed by atoms with Gasteiger partial charge in [0.1, 0.15) is 11.5 Å². The topological polar surface area (TPSA) is 55.4 Å². The van der Waals surface area contributed by atoms with Gasteiger partial charge in [0.25, 0.3) is 0 Å². The Balaban J connectivity index is 2.01. The van der Waals surface area contributed by atoms with Crippen LogP contribution >= 0.6 is 0 Å². The summed E-state index contributed by atoms with van der Waals surface area (Å²) in [6.07, 6.45) is 3.28. The summed E-state index contributed by atoms with van der Waals surface area (Å²) >= 11 is 0. The van der Waals surface area contributed by atoms with Crippen LogP contribution in [0.1, 0.15) is 38.2 Å². The van der Waals surface area contributed by atoms with Gasteiger partial charge in [-0.3, -0.25) is 9.59 Å². The number of ketones is 1. The van der Waals surface area contributed by atoms with Gasteiger partial charge in [0.15, 0.2) is 0 Å². The highest BCUT2D eigenvalue weighted by molar-refractivity contribution is 5.96. The molecule has 1 fully saturated rings. The molecule has 4 heteroatoms. The van der Waals surface area contributed by atoms with Crippen LogP contribution in [0.3, 0.4) is 0 Å². The van der Waals surface area contributed by atoms with Gasteiger partial charge < -0.3 is 10.1 Å². The molecule has 0 heterocycles. The molecule has 1 N–H and O–H groups in total. The number of Topliss-reactive ketones (excluding diaryl/α,β-unsaturated/α-hetero) is 1. The maximum absolute atomic E-state index is 11.6. The molecule has 0 spiro atoms. The lowest BCUT2D eigenvalue weighted by molar-refractivity contribution is -0.127. The molecule has 0 unspecified atom stereocenters. The summed E-state index contributed by atoms with van der Waals surface area (Å²) in [7, 11) is 1.65. The molecule has 4 nitrogen and oxygen atoms in total. The van der Waals surface area contributed by atoms with E-state index < -0.39 is 0 Å². The molecule has 1 aliphatic rings. The van der Waals surface area contributed by atoms with Crippen molar-refractivity contribution < 1.29 is 14.3 Å². The van der Waals surface area contributed by atoms with Gasteiger partial charge in [-0.25, -0.2) is 0 Å². The second kappa shape index (κ2) is 6.07. The molecule has 0 aliphatic heterocycles. The maximum Gasteiger partial charge on any atom is 0.227 e. The van der Waals surface area contributed by atoms with E-state index in [-0.39, 0.29) is 23.5 Å². The van der Waals surface area contributed by atoms with Crippen molar-refractivity contribution in [2.45, 2.75) is 38.0 Å². The molecule has 0 bridgehead atoms. The quantitative estimate of drug-likeness (QED) is 0.810. The Kier molecular flexibility index (Phi) is 4.42. The van der Waals surface area contributed by atoms with E-state index in [0.29, 0.717) is 6.54 Å². The van der Waals surface area contributed by atoms with Crippen molar-refractivity contribution in [3.8, 4) is 5.75 Å². The number of hydrogen-bond acceptors (Lipinski definition) is 3. The first-order valence-corrected chi connectivity index (χ1v) is 6.96. The van der Waals surface area contributed by atoms with E-state index in [4.69, 9.17) is 4.74 Å². The van der Waals surface area contributed by atoms with E-state index >= 15 is 0 Å². The minimum Gasteiger partial charge on any atom is -0.497 e. The molecule has 108 valence electrons. The highest BCUT2D eigenvalue weighted by atomic mass is 16.5. The zero-order valence-corrected chi connectivity index (χ0v) is 12.1. The van der Waals surface area contributed by atoms with E-state index in [1.165, 1.54) is 18.9 Å². The maximum atomic E-state index is 11.6. The van der Waals surface area contributed by atoms with Crippen LogP contribution in [0.2, 0.25) is 0 Å². The minimum absolute atomic E-state index is 0.0265. The first-order valence-electron chi connectivity index (χ1n) is 6.96. The van der Waals surface area contributed by atoms with Gasteiger partial charge >= 0.3 is 0 Å². The molecule has 0 aromatic heterocycles. The SMILES string of the molecule is COc1ccc(C2(CNC(=O)CC(C)=O)CCC2)cc1. The second-order valence-electron chi connectivity index (χ2n) is 5.52. The molecular weight excluding hydrogens is 254 g/mol. The summed E-state index contributed by atoms with van der Waals surface area (Å²) < 4.78 is 5.17. The Morgan fingerprint density at radius 3 is 2.35 bits per heavy atom. The van der Waals surface area contributed by atoms with Crippen LogP contribution in [0.25, 0.3) is 0 Å². The van der Waals surface area contributed by atoms with Crippen LogP contribution < -0.4 is 10.1 Å². The number of methoxy groups -OCH3 is 1. The summed E-state index contributed by atoms with van der Waals surface area (Å²) in [5.41, 5.74) is 1.26. The summed E-state index contributed by atoms with van der Waals surface area (Å²) in [6, 6.07) is 8.03. The normalized spacial score (nSPS) is 16.1. The van der Waals surface area contributed by atoms with Crippen molar-refractivity contribution in [2.24, 2.45) is 0 Å². The van der Waals surface area contributed by atoms with Gasteiger partial charge in [0.2, 0.25) is 5.91 Å². The molecule has 1 saturated carbocycles. The van der Waals surface area contributed by atoms with Crippen LogP contribution in [-0.2, 0) is 15.0 Å². The third-order valence-corrected chi connectivity index (χ3v) is 4.05. The predicted octanol–water partition coefficient (Wildman–Crippen LogP) is 2.21. The molecule has 0 radical (unpaired) electrons. The number of rotatable bonds is 6. The number of carbonyl (C=O) groups is 2. The molecule has 2 rings (SSSR count). The van der Waals surface area contributed by atoms with Crippen molar-refractivity contribution in [2.75, 3.05) is 13.7 Å². The average molecular weight is 275 g/mol. The summed E-state index contributed by atoms with van der Waals surface area (Å²) in [4.78, 5) is 22.5. The van der Waals surface area contributed by atoms with Gasteiger partial charge in [-0.15, -0.1) is 0 Å². The van der Waals surface area contributed by atoms with E-state index in [0.717, 1.165) is 18.6 Å². The number of ether oxygens (including phenoxy) is 1. The van der Waals surface area contributed by atoms with Crippen molar-refractivity contribution in [3.05, 3.63) is 29.8 Å². The molecule has 0 atom stereocenters. The standard InChI is InChI=1S/C16H21NO3/c1-12(18)10-15(19)17-11-16(8-3-9-16)13-4-6-14(20-2)7-5-13/h4-7H,3,8-11H2,1-2H3,(H,17,19). The lowest BCUT2D eigenvalue weighted by Crippen LogP contribution is -2.45. The Hall–Kier alpha value is -1.84. The highest BCUT2D eigenvalue weighted by Gasteiger charge is 2.38.